The Morgan fingerprint density at radius 1 is 1.09 bits per heavy atom. The number of likely N-dealkylation sites (N-methyl/N-ethyl adjacent to an activating group) is 1. The minimum atomic E-state index is -1.25. The van der Waals surface area contributed by atoms with Gasteiger partial charge in [0, 0.05) is 34.4 Å². The van der Waals surface area contributed by atoms with Gasteiger partial charge in [-0.1, -0.05) is 57.0 Å². The fourth-order valence-electron chi connectivity index (χ4n) is 9.08. The quantitative estimate of drug-likeness (QED) is 0.344. The van der Waals surface area contributed by atoms with Crippen LogP contribution in [0.25, 0.3) is 0 Å². The van der Waals surface area contributed by atoms with Crippen LogP contribution in [0.2, 0.25) is 10.2 Å². The summed E-state index contributed by atoms with van der Waals surface area (Å²) in [5.74, 6) is -0.628. The van der Waals surface area contributed by atoms with Crippen LogP contribution in [0.1, 0.15) is 96.1 Å². The predicted octanol–water partition coefficient (Wildman–Crippen LogP) is 7.49. The van der Waals surface area contributed by atoms with Crippen LogP contribution in [0.4, 0.5) is 10.1 Å². The van der Waals surface area contributed by atoms with E-state index in [9.17, 15) is 9.59 Å². The van der Waals surface area contributed by atoms with Crippen molar-refractivity contribution >= 4 is 40.7 Å². The number of halogens is 3. The number of rotatable bonds is 4. The van der Waals surface area contributed by atoms with E-state index in [-0.39, 0.29) is 34.0 Å². The van der Waals surface area contributed by atoms with Crippen LogP contribution in [0, 0.1) is 23.1 Å². The number of likely N-dealkylation sites (tertiary alicyclic amines) is 1. The van der Waals surface area contributed by atoms with Crippen LogP contribution < -0.4 is 10.6 Å². The van der Waals surface area contributed by atoms with Crippen molar-refractivity contribution in [3.8, 4) is 0 Å². The molecule has 1 aromatic carbocycles. The average molecular weight is 630 g/mol. The number of hydrogen-bond acceptors (Lipinski definition) is 4. The summed E-state index contributed by atoms with van der Waals surface area (Å²) in [6, 6.07) is 6.29. The van der Waals surface area contributed by atoms with Crippen LogP contribution in [-0.4, -0.2) is 46.4 Å². The summed E-state index contributed by atoms with van der Waals surface area (Å²) >= 11 is 12.7. The van der Waals surface area contributed by atoms with Crippen molar-refractivity contribution in [2.45, 2.75) is 108 Å². The van der Waals surface area contributed by atoms with Gasteiger partial charge in [0.1, 0.15) is 5.41 Å². The average Bonchev–Trinajstić information content (AvgIpc) is 3.36. The third kappa shape index (κ3) is 4.71. The monoisotopic (exact) mass is 628 g/mol. The number of nitrogens with one attached hydrogen (secondary N) is 2. The molecule has 2 aromatic rings. The molecule has 43 heavy (non-hydrogen) atoms. The molecule has 2 saturated carbocycles. The van der Waals surface area contributed by atoms with Gasteiger partial charge in [-0.25, -0.2) is 9.37 Å². The molecule has 3 fully saturated rings. The molecule has 232 valence electrons. The zero-order valence-corrected chi connectivity index (χ0v) is 27.3. The Labute approximate surface area is 264 Å². The molecular weight excluding hydrogens is 586 g/mol. The van der Waals surface area contributed by atoms with Gasteiger partial charge in [0.15, 0.2) is 11.0 Å². The largest absolute Gasteiger partial charge is 0.352 e. The van der Waals surface area contributed by atoms with Crippen LogP contribution in [0.3, 0.4) is 0 Å². The Kier molecular flexibility index (Phi) is 7.87. The Balaban J connectivity index is 1.52. The lowest BCUT2D eigenvalue weighted by Gasteiger charge is -2.53. The molecule has 4 aliphatic rings. The first-order valence-electron chi connectivity index (χ1n) is 15.8. The van der Waals surface area contributed by atoms with Crippen molar-refractivity contribution in [3.05, 3.63) is 57.6 Å². The molecule has 3 heterocycles. The SMILES string of the molecule is CC(C)C1CCC(NC(=O)[C@H]2[C@H](c3ccnc(Cl)c3F)[C@]3(C(=O)Nc4cc(Cl)ccc43)C3(CCC(C)(C)CC3)N2C)CC1. The maximum Gasteiger partial charge on any atom is 0.238 e. The Bertz CT molecular complexity index is 1430. The van der Waals surface area contributed by atoms with Crippen molar-refractivity contribution in [3.63, 3.8) is 0 Å². The first kappa shape index (κ1) is 30.8. The van der Waals surface area contributed by atoms with E-state index in [1.165, 1.54) is 6.20 Å². The van der Waals surface area contributed by atoms with E-state index in [1.807, 2.05) is 13.1 Å². The highest BCUT2D eigenvalue weighted by Crippen LogP contribution is 2.67. The van der Waals surface area contributed by atoms with Gasteiger partial charge >= 0.3 is 0 Å². The summed E-state index contributed by atoms with van der Waals surface area (Å²) in [6.07, 6.45) is 8.56. The second kappa shape index (κ2) is 11.0. The number of pyridine rings is 1. The second-order valence-corrected chi connectivity index (χ2v) is 15.3. The van der Waals surface area contributed by atoms with Crippen molar-refractivity contribution in [2.75, 3.05) is 12.4 Å². The zero-order valence-electron chi connectivity index (χ0n) is 25.8. The highest BCUT2D eigenvalue weighted by Gasteiger charge is 2.75. The number of fused-ring (bicyclic) bond motifs is 3. The van der Waals surface area contributed by atoms with Gasteiger partial charge in [0.05, 0.1) is 6.04 Å². The van der Waals surface area contributed by atoms with Crippen LogP contribution in [0.15, 0.2) is 30.5 Å². The minimum absolute atomic E-state index is 0.0451. The van der Waals surface area contributed by atoms with E-state index in [0.29, 0.717) is 35.4 Å². The maximum atomic E-state index is 16.2. The number of anilines is 1. The molecule has 6 nitrogen and oxygen atoms in total. The molecule has 0 radical (unpaired) electrons. The van der Waals surface area contributed by atoms with Crippen molar-refractivity contribution in [2.24, 2.45) is 17.3 Å². The predicted molar refractivity (Wildman–Crippen MR) is 169 cm³/mol. The van der Waals surface area contributed by atoms with Gasteiger partial charge in [-0.05, 0) is 105 Å². The number of hydrogen-bond donors (Lipinski definition) is 2. The molecule has 9 heteroatoms. The lowest BCUT2D eigenvalue weighted by atomic mass is 9.53. The summed E-state index contributed by atoms with van der Waals surface area (Å²) in [5, 5.41) is 6.73. The highest BCUT2D eigenvalue weighted by molar-refractivity contribution is 6.31. The van der Waals surface area contributed by atoms with Gasteiger partial charge in [0.2, 0.25) is 11.8 Å². The number of benzene rings is 1. The highest BCUT2D eigenvalue weighted by atomic mass is 35.5. The molecule has 2 aliphatic heterocycles. The number of nitrogens with zero attached hydrogens (tertiary/aromatic N) is 2. The third-order valence-electron chi connectivity index (χ3n) is 11.6. The summed E-state index contributed by atoms with van der Waals surface area (Å²) < 4.78 is 16.2. The molecule has 2 aliphatic carbocycles. The molecule has 1 aromatic heterocycles. The molecule has 0 bridgehead atoms. The molecule has 2 spiro atoms. The smallest absolute Gasteiger partial charge is 0.238 e. The van der Waals surface area contributed by atoms with E-state index in [2.05, 4.69) is 48.2 Å². The lowest BCUT2D eigenvalue weighted by Crippen LogP contribution is -2.62. The van der Waals surface area contributed by atoms with E-state index >= 15 is 4.39 Å². The van der Waals surface area contributed by atoms with Gasteiger partial charge in [-0.3, -0.25) is 14.5 Å². The summed E-state index contributed by atoms with van der Waals surface area (Å²) in [7, 11) is 1.96. The Morgan fingerprint density at radius 3 is 2.42 bits per heavy atom. The Morgan fingerprint density at radius 2 is 1.77 bits per heavy atom. The summed E-state index contributed by atoms with van der Waals surface area (Å²) in [6.45, 7) is 9.03. The molecule has 6 rings (SSSR count). The standard InChI is InChI=1S/C34H43Cl2FN4O2/c1-19(2)20-6-9-22(10-7-20)39-30(42)28-26(23-12-17-38-29(36)27(23)37)34(24-11-8-21(35)18-25(24)40-31(34)43)33(41(28)5)15-13-32(3,4)14-16-33/h8,11-12,17-20,22,26,28H,6-7,9-10,13-16H2,1-5H3,(H,39,42)(H,40,43)/t20?,22?,26-,28+,34+/m0/s1. The molecule has 2 N–H and O–H groups in total. The zero-order chi connectivity index (χ0) is 30.9. The molecule has 1 saturated heterocycles. The number of amides is 2. The van der Waals surface area contributed by atoms with Crippen LogP contribution in [-0.2, 0) is 15.0 Å². The lowest BCUT2D eigenvalue weighted by molar-refractivity contribution is -0.129. The number of carbonyl (C=O) groups excluding carboxylic acids is 2. The first-order chi connectivity index (χ1) is 20.3. The van der Waals surface area contributed by atoms with E-state index in [4.69, 9.17) is 23.2 Å². The van der Waals surface area contributed by atoms with Gasteiger partial charge in [-0.2, -0.15) is 0 Å². The third-order valence-corrected chi connectivity index (χ3v) is 12.1. The fraction of sp³-hybridized carbons (Fsp3) is 0.618. The minimum Gasteiger partial charge on any atom is -0.352 e. The maximum absolute atomic E-state index is 16.2. The number of carbonyl (C=O) groups is 2. The first-order valence-corrected chi connectivity index (χ1v) is 16.5. The van der Waals surface area contributed by atoms with Gasteiger partial charge in [-0.15, -0.1) is 0 Å². The molecule has 0 unspecified atom stereocenters. The van der Waals surface area contributed by atoms with E-state index in [0.717, 1.165) is 44.1 Å². The van der Waals surface area contributed by atoms with Gasteiger partial charge in [0.25, 0.3) is 0 Å². The molecule has 3 atom stereocenters. The van der Waals surface area contributed by atoms with E-state index in [1.54, 1.807) is 18.2 Å². The van der Waals surface area contributed by atoms with Crippen LogP contribution >= 0.6 is 23.2 Å². The van der Waals surface area contributed by atoms with Gasteiger partial charge < -0.3 is 10.6 Å². The van der Waals surface area contributed by atoms with Crippen molar-refractivity contribution in [1.82, 2.24) is 15.2 Å². The second-order valence-electron chi connectivity index (χ2n) is 14.6. The summed E-state index contributed by atoms with van der Waals surface area (Å²) in [4.78, 5) is 35.4. The van der Waals surface area contributed by atoms with Crippen molar-refractivity contribution < 1.29 is 14.0 Å². The van der Waals surface area contributed by atoms with Crippen LogP contribution in [0.5, 0.6) is 0 Å². The Hall–Kier alpha value is -2.22. The number of aromatic nitrogens is 1. The normalized spacial score (nSPS) is 31.4. The molecule has 2 amide bonds. The molecular formula is C34H43Cl2FN4O2. The summed E-state index contributed by atoms with van der Waals surface area (Å²) in [5.41, 5.74) is -0.277. The van der Waals surface area contributed by atoms with Crippen molar-refractivity contribution in [1.29, 1.82) is 0 Å². The van der Waals surface area contributed by atoms with E-state index < -0.39 is 28.7 Å². The fourth-order valence-corrected chi connectivity index (χ4v) is 9.42. The topological polar surface area (TPSA) is 74.3 Å².